The second kappa shape index (κ2) is 14.3. The molecule has 0 aliphatic carbocycles. The van der Waals surface area contributed by atoms with E-state index in [-0.39, 0.29) is 25.3 Å². The number of carboxylic acid groups (broad SMARTS) is 1. The third-order valence-corrected chi connectivity index (χ3v) is 5.18. The number of halogens is 2. The van der Waals surface area contributed by atoms with Crippen LogP contribution in [0.3, 0.4) is 0 Å². The molecule has 1 amide bonds. The van der Waals surface area contributed by atoms with Crippen molar-refractivity contribution in [1.82, 2.24) is 4.90 Å². The highest BCUT2D eigenvalue weighted by molar-refractivity contribution is 5.72. The fourth-order valence-corrected chi connectivity index (χ4v) is 3.32. The molecule has 1 atom stereocenters. The lowest BCUT2D eigenvalue weighted by molar-refractivity contribution is -0.149. The third kappa shape index (κ3) is 9.90. The second-order valence-corrected chi connectivity index (χ2v) is 8.45. The van der Waals surface area contributed by atoms with Gasteiger partial charge in [0.05, 0.1) is 6.54 Å². The lowest BCUT2D eigenvalue weighted by Crippen LogP contribution is -2.37. The van der Waals surface area contributed by atoms with E-state index in [0.717, 1.165) is 30.5 Å². The Morgan fingerprint density at radius 3 is 2.29 bits per heavy atom. The summed E-state index contributed by atoms with van der Waals surface area (Å²) in [4.78, 5) is 25.4. The van der Waals surface area contributed by atoms with Gasteiger partial charge in [-0.15, -0.1) is 0 Å². The number of carbonyl (C=O) groups is 2. The van der Waals surface area contributed by atoms with Crippen molar-refractivity contribution in [3.8, 4) is 11.5 Å². The first-order chi connectivity index (χ1) is 16.7. The van der Waals surface area contributed by atoms with E-state index in [2.05, 4.69) is 13.8 Å². The van der Waals surface area contributed by atoms with Crippen LogP contribution in [0, 0.1) is 17.6 Å². The molecule has 0 aliphatic rings. The average molecular weight is 494 g/mol. The van der Waals surface area contributed by atoms with E-state index in [1.165, 1.54) is 11.0 Å². The fourth-order valence-electron chi connectivity index (χ4n) is 3.32. The van der Waals surface area contributed by atoms with Crippen LogP contribution < -0.4 is 9.47 Å². The van der Waals surface area contributed by atoms with Gasteiger partial charge >= 0.3 is 12.1 Å². The van der Waals surface area contributed by atoms with E-state index in [1.807, 2.05) is 0 Å². The Hall–Kier alpha value is -3.20. The van der Waals surface area contributed by atoms with E-state index in [0.29, 0.717) is 24.8 Å². The lowest BCUT2D eigenvalue weighted by atomic mass is 10.1. The molecular weight excluding hydrogens is 460 g/mol. The fraction of sp³-hybridized carbons (Fsp3) is 0.462. The number of nitrogens with zero attached hydrogens (tertiary/aromatic N) is 1. The Labute approximate surface area is 204 Å². The summed E-state index contributed by atoms with van der Waals surface area (Å²) in [6.45, 7) is 7.07. The van der Waals surface area contributed by atoms with Gasteiger partial charge in [-0.3, -0.25) is 0 Å². The molecule has 0 aromatic heterocycles. The summed E-state index contributed by atoms with van der Waals surface area (Å²) < 4.78 is 42.8. The first kappa shape index (κ1) is 28.0. The quantitative estimate of drug-likeness (QED) is 0.384. The molecule has 0 spiro atoms. The molecular formula is C26H33F2NO6. The van der Waals surface area contributed by atoms with Crippen LogP contribution in [-0.4, -0.2) is 54.5 Å². The maximum Gasteiger partial charge on any atom is 0.415 e. The van der Waals surface area contributed by atoms with Crippen LogP contribution in [0.25, 0.3) is 0 Å². The van der Waals surface area contributed by atoms with E-state index in [1.54, 1.807) is 31.2 Å². The van der Waals surface area contributed by atoms with Gasteiger partial charge in [-0.05, 0) is 55.5 Å². The number of aliphatic carboxylic acids is 1. The van der Waals surface area contributed by atoms with Crippen molar-refractivity contribution in [2.45, 2.75) is 46.1 Å². The summed E-state index contributed by atoms with van der Waals surface area (Å²) in [7, 11) is 0. The highest BCUT2D eigenvalue weighted by Gasteiger charge is 2.19. The highest BCUT2D eigenvalue weighted by atomic mass is 19.2. The van der Waals surface area contributed by atoms with Gasteiger partial charge in [0.15, 0.2) is 17.7 Å². The zero-order valence-electron chi connectivity index (χ0n) is 20.3. The van der Waals surface area contributed by atoms with Crippen molar-refractivity contribution < 1.29 is 37.7 Å². The predicted molar refractivity (Wildman–Crippen MR) is 127 cm³/mol. The minimum atomic E-state index is -1.09. The Morgan fingerprint density at radius 2 is 1.69 bits per heavy atom. The van der Waals surface area contributed by atoms with E-state index in [4.69, 9.17) is 14.2 Å². The van der Waals surface area contributed by atoms with Gasteiger partial charge in [0.25, 0.3) is 0 Å². The van der Waals surface area contributed by atoms with Crippen LogP contribution in [-0.2, 0) is 16.0 Å². The molecule has 2 rings (SSSR count). The summed E-state index contributed by atoms with van der Waals surface area (Å²) >= 11 is 0. The number of carbonyl (C=O) groups excluding carboxylic acids is 1. The van der Waals surface area contributed by atoms with Crippen molar-refractivity contribution in [2.24, 2.45) is 5.92 Å². The van der Waals surface area contributed by atoms with Gasteiger partial charge in [0.1, 0.15) is 18.1 Å². The molecule has 0 bridgehead atoms. The summed E-state index contributed by atoms with van der Waals surface area (Å²) in [6, 6.07) is 9.91. The number of rotatable bonds is 14. The standard InChI is InChI=1S/C26H33F2NO6/c1-4-33-24(25(30)31)16-19-7-9-20(10-8-19)34-15-14-29(13-5-6-18(2)3)26(32)35-21-11-12-22(27)23(28)17-21/h7-12,17-18,24H,4-6,13-16H2,1-3H3,(H,30,31). The molecule has 9 heteroatoms. The maximum atomic E-state index is 13.5. The van der Waals surface area contributed by atoms with Crippen LogP contribution in [0.15, 0.2) is 42.5 Å². The Morgan fingerprint density at radius 1 is 1.00 bits per heavy atom. The van der Waals surface area contributed by atoms with Gasteiger partial charge in [-0.2, -0.15) is 0 Å². The topological polar surface area (TPSA) is 85.3 Å². The molecule has 2 aromatic rings. The molecule has 1 unspecified atom stereocenters. The maximum absolute atomic E-state index is 13.5. The molecule has 0 radical (unpaired) electrons. The molecule has 192 valence electrons. The average Bonchev–Trinajstić information content (AvgIpc) is 2.81. The zero-order valence-corrected chi connectivity index (χ0v) is 20.3. The number of hydrogen-bond donors (Lipinski definition) is 1. The first-order valence-electron chi connectivity index (χ1n) is 11.7. The van der Waals surface area contributed by atoms with Gasteiger partial charge in [-0.1, -0.05) is 26.0 Å². The minimum absolute atomic E-state index is 0.0778. The number of ether oxygens (including phenoxy) is 3. The minimum Gasteiger partial charge on any atom is -0.492 e. The van der Waals surface area contributed by atoms with Crippen LogP contribution in [0.4, 0.5) is 13.6 Å². The predicted octanol–water partition coefficient (Wildman–Crippen LogP) is 5.31. The van der Waals surface area contributed by atoms with E-state index in [9.17, 15) is 23.5 Å². The molecule has 0 aliphatic heterocycles. The van der Waals surface area contributed by atoms with Crippen molar-refractivity contribution in [3.63, 3.8) is 0 Å². The Bertz CT molecular complexity index is 951. The zero-order chi connectivity index (χ0) is 25.8. The van der Waals surface area contributed by atoms with Crippen LogP contribution in [0.5, 0.6) is 11.5 Å². The molecule has 0 saturated carbocycles. The van der Waals surface area contributed by atoms with Gasteiger partial charge in [-0.25, -0.2) is 18.4 Å². The monoisotopic (exact) mass is 493 g/mol. The van der Waals surface area contributed by atoms with Crippen molar-refractivity contribution in [2.75, 3.05) is 26.3 Å². The van der Waals surface area contributed by atoms with Crippen LogP contribution in [0.2, 0.25) is 0 Å². The molecule has 0 heterocycles. The summed E-state index contributed by atoms with van der Waals surface area (Å²) in [5.41, 5.74) is 0.795. The highest BCUT2D eigenvalue weighted by Crippen LogP contribution is 2.18. The summed E-state index contributed by atoms with van der Waals surface area (Å²) in [5.74, 6) is -2.17. The largest absolute Gasteiger partial charge is 0.492 e. The summed E-state index contributed by atoms with van der Waals surface area (Å²) in [5, 5.41) is 9.22. The number of amides is 1. The smallest absolute Gasteiger partial charge is 0.415 e. The van der Waals surface area contributed by atoms with Gasteiger partial charge in [0.2, 0.25) is 0 Å². The van der Waals surface area contributed by atoms with E-state index < -0.39 is 29.8 Å². The SMILES string of the molecule is CCOC(Cc1ccc(OCCN(CCCC(C)C)C(=O)Oc2ccc(F)c(F)c2)cc1)C(=O)O. The molecule has 0 saturated heterocycles. The normalized spacial score (nSPS) is 11.8. The van der Waals surface area contributed by atoms with E-state index >= 15 is 0 Å². The lowest BCUT2D eigenvalue weighted by Gasteiger charge is -2.22. The molecule has 7 nitrogen and oxygen atoms in total. The second-order valence-electron chi connectivity index (χ2n) is 8.45. The van der Waals surface area contributed by atoms with Crippen molar-refractivity contribution in [1.29, 1.82) is 0 Å². The Balaban J connectivity index is 1.93. The molecule has 2 aromatic carbocycles. The number of benzene rings is 2. The van der Waals surface area contributed by atoms with Gasteiger partial charge < -0.3 is 24.2 Å². The Kier molecular flexibility index (Phi) is 11.4. The number of hydrogen-bond acceptors (Lipinski definition) is 5. The number of carboxylic acids is 1. The first-order valence-corrected chi connectivity index (χ1v) is 11.7. The van der Waals surface area contributed by atoms with Crippen molar-refractivity contribution >= 4 is 12.1 Å². The molecule has 1 N–H and O–H groups in total. The molecule has 0 fully saturated rings. The molecule has 35 heavy (non-hydrogen) atoms. The third-order valence-electron chi connectivity index (χ3n) is 5.18. The summed E-state index contributed by atoms with van der Waals surface area (Å²) in [6.07, 6.45) is 0.324. The van der Waals surface area contributed by atoms with Crippen LogP contribution >= 0.6 is 0 Å². The van der Waals surface area contributed by atoms with Gasteiger partial charge in [0, 0.05) is 25.6 Å². The van der Waals surface area contributed by atoms with Crippen molar-refractivity contribution in [3.05, 3.63) is 59.7 Å². The van der Waals surface area contributed by atoms with Crippen LogP contribution in [0.1, 0.15) is 39.2 Å².